The number of para-hydroxylation sites is 2. The normalized spacial score (nSPS) is 14.7. The van der Waals surface area contributed by atoms with Gasteiger partial charge in [-0.05, 0) is 51.0 Å². The van der Waals surface area contributed by atoms with Crippen LogP contribution >= 0.6 is 0 Å². The highest BCUT2D eigenvalue weighted by Gasteiger charge is 2.31. The number of carbonyl (C=O) groups excluding carboxylic acids is 3. The van der Waals surface area contributed by atoms with Gasteiger partial charge in [0.25, 0.3) is 5.91 Å². The van der Waals surface area contributed by atoms with Gasteiger partial charge in [-0.25, -0.2) is 4.79 Å². The average Bonchev–Trinajstić information content (AvgIpc) is 2.87. The largest absolute Gasteiger partial charge is 0.490 e. The van der Waals surface area contributed by atoms with Crippen LogP contribution in [-0.4, -0.2) is 61.8 Å². The minimum atomic E-state index is -0.957. The maximum absolute atomic E-state index is 12.8. The lowest BCUT2D eigenvalue weighted by atomic mass is 9.97. The summed E-state index contributed by atoms with van der Waals surface area (Å²) in [6.07, 6.45) is 0.112. The second-order valence-electron chi connectivity index (χ2n) is 7.91. The summed E-state index contributed by atoms with van der Waals surface area (Å²) in [6.45, 7) is 5.06. The first-order valence-electron chi connectivity index (χ1n) is 11.6. The fraction of sp³-hybridized carbons (Fsp3) is 0.423. The predicted molar refractivity (Wildman–Crippen MR) is 125 cm³/mol. The van der Waals surface area contributed by atoms with Gasteiger partial charge in [-0.15, -0.1) is 0 Å². The van der Waals surface area contributed by atoms with Crippen molar-refractivity contribution in [1.29, 1.82) is 0 Å². The number of carbonyl (C=O) groups is 3. The number of ether oxygens (including phenoxy) is 4. The molecule has 8 nitrogen and oxygen atoms in total. The van der Waals surface area contributed by atoms with E-state index in [1.807, 2.05) is 30.3 Å². The first-order valence-corrected chi connectivity index (χ1v) is 11.6. The molecular formula is C26H31NO7. The highest BCUT2D eigenvalue weighted by atomic mass is 16.6. The molecule has 2 aromatic carbocycles. The molecule has 34 heavy (non-hydrogen) atoms. The van der Waals surface area contributed by atoms with Gasteiger partial charge in [0, 0.05) is 13.1 Å². The Morgan fingerprint density at radius 2 is 1.59 bits per heavy atom. The van der Waals surface area contributed by atoms with Gasteiger partial charge in [0.05, 0.1) is 12.5 Å². The summed E-state index contributed by atoms with van der Waals surface area (Å²) in [5.74, 6) is -0.250. The monoisotopic (exact) mass is 469 g/mol. The minimum absolute atomic E-state index is 0.197. The van der Waals surface area contributed by atoms with Crippen molar-refractivity contribution in [2.45, 2.75) is 32.8 Å². The van der Waals surface area contributed by atoms with E-state index >= 15 is 0 Å². The average molecular weight is 470 g/mol. The second-order valence-corrected chi connectivity index (χ2v) is 7.91. The Morgan fingerprint density at radius 3 is 2.29 bits per heavy atom. The van der Waals surface area contributed by atoms with Crippen LogP contribution in [0.25, 0.3) is 0 Å². The molecule has 0 spiro atoms. The lowest BCUT2D eigenvalue weighted by Gasteiger charge is -2.32. The molecule has 0 radical (unpaired) electrons. The standard InChI is InChI=1S/C26H31NO7/c1-3-31-25(29)20-13-15-27(16-14-20)24(28)19(2)34-26(30)22-11-7-8-12-23(22)33-18-17-32-21-9-5-4-6-10-21/h4-12,19-20H,3,13-18H2,1-2H3. The molecule has 0 N–H and O–H groups in total. The summed E-state index contributed by atoms with van der Waals surface area (Å²) < 4.78 is 21.8. The molecule has 8 heteroatoms. The van der Waals surface area contributed by atoms with Crippen LogP contribution in [0.5, 0.6) is 11.5 Å². The maximum atomic E-state index is 12.8. The molecule has 0 saturated carbocycles. The highest BCUT2D eigenvalue weighted by molar-refractivity contribution is 5.94. The number of esters is 2. The van der Waals surface area contributed by atoms with E-state index in [0.29, 0.717) is 44.9 Å². The van der Waals surface area contributed by atoms with Crippen molar-refractivity contribution in [3.05, 3.63) is 60.2 Å². The number of likely N-dealkylation sites (tertiary alicyclic amines) is 1. The molecular weight excluding hydrogens is 438 g/mol. The van der Waals surface area contributed by atoms with E-state index in [1.54, 1.807) is 43.0 Å². The van der Waals surface area contributed by atoms with Gasteiger partial charge in [-0.1, -0.05) is 30.3 Å². The Balaban J connectivity index is 1.49. The molecule has 0 aromatic heterocycles. The van der Waals surface area contributed by atoms with Gasteiger partial charge in [-0.3, -0.25) is 9.59 Å². The van der Waals surface area contributed by atoms with Gasteiger partial charge < -0.3 is 23.8 Å². The molecule has 1 aliphatic heterocycles. The number of amides is 1. The molecule has 182 valence electrons. The Hall–Kier alpha value is -3.55. The van der Waals surface area contributed by atoms with Crippen LogP contribution < -0.4 is 9.47 Å². The zero-order chi connectivity index (χ0) is 24.3. The van der Waals surface area contributed by atoms with Crippen molar-refractivity contribution in [1.82, 2.24) is 4.90 Å². The third kappa shape index (κ3) is 6.97. The number of piperidine rings is 1. The van der Waals surface area contributed by atoms with Crippen molar-refractivity contribution < 1.29 is 33.3 Å². The van der Waals surface area contributed by atoms with Gasteiger partial charge in [0.2, 0.25) is 0 Å². The molecule has 1 amide bonds. The highest BCUT2D eigenvalue weighted by Crippen LogP contribution is 2.22. The molecule has 0 bridgehead atoms. The number of hydrogen-bond acceptors (Lipinski definition) is 7. The zero-order valence-electron chi connectivity index (χ0n) is 19.6. The summed E-state index contributed by atoms with van der Waals surface area (Å²) in [6, 6.07) is 16.1. The summed E-state index contributed by atoms with van der Waals surface area (Å²) >= 11 is 0. The molecule has 1 saturated heterocycles. The van der Waals surface area contributed by atoms with Crippen molar-refractivity contribution in [2.75, 3.05) is 32.9 Å². The Morgan fingerprint density at radius 1 is 0.941 bits per heavy atom. The van der Waals surface area contributed by atoms with E-state index < -0.39 is 12.1 Å². The van der Waals surface area contributed by atoms with Crippen molar-refractivity contribution in [3.63, 3.8) is 0 Å². The van der Waals surface area contributed by atoms with Gasteiger partial charge in [0.1, 0.15) is 30.3 Å². The topological polar surface area (TPSA) is 91.4 Å². The predicted octanol–water partition coefficient (Wildman–Crippen LogP) is 3.49. The lowest BCUT2D eigenvalue weighted by molar-refractivity contribution is -0.152. The summed E-state index contributed by atoms with van der Waals surface area (Å²) in [7, 11) is 0. The Bertz CT molecular complexity index is 955. The van der Waals surface area contributed by atoms with Gasteiger partial charge >= 0.3 is 11.9 Å². The fourth-order valence-corrected chi connectivity index (χ4v) is 3.72. The van der Waals surface area contributed by atoms with Crippen LogP contribution in [0.3, 0.4) is 0 Å². The second kappa shape index (κ2) is 12.6. The molecule has 1 unspecified atom stereocenters. The van der Waals surface area contributed by atoms with E-state index in [2.05, 4.69) is 0 Å². The van der Waals surface area contributed by atoms with Crippen LogP contribution in [0.2, 0.25) is 0 Å². The van der Waals surface area contributed by atoms with Crippen LogP contribution in [0.4, 0.5) is 0 Å². The summed E-state index contributed by atoms with van der Waals surface area (Å²) in [5.41, 5.74) is 0.239. The minimum Gasteiger partial charge on any atom is -0.490 e. The third-order valence-electron chi connectivity index (χ3n) is 5.52. The van der Waals surface area contributed by atoms with E-state index in [9.17, 15) is 14.4 Å². The van der Waals surface area contributed by atoms with Crippen LogP contribution in [0, 0.1) is 5.92 Å². The maximum Gasteiger partial charge on any atom is 0.342 e. The van der Waals surface area contributed by atoms with Crippen molar-refractivity contribution in [2.24, 2.45) is 5.92 Å². The smallest absolute Gasteiger partial charge is 0.342 e. The molecule has 1 atom stereocenters. The SMILES string of the molecule is CCOC(=O)C1CCN(C(=O)C(C)OC(=O)c2ccccc2OCCOc2ccccc2)CC1. The molecule has 3 rings (SSSR count). The molecule has 0 aliphatic carbocycles. The number of hydrogen-bond donors (Lipinski definition) is 0. The quantitative estimate of drug-likeness (QED) is 0.389. The van der Waals surface area contributed by atoms with Crippen LogP contribution in [0.15, 0.2) is 54.6 Å². The first-order chi connectivity index (χ1) is 16.5. The number of rotatable bonds is 10. The molecule has 1 aliphatic rings. The fourth-order valence-electron chi connectivity index (χ4n) is 3.72. The zero-order valence-corrected chi connectivity index (χ0v) is 19.6. The van der Waals surface area contributed by atoms with E-state index in [-0.39, 0.29) is 30.0 Å². The number of nitrogens with zero attached hydrogens (tertiary/aromatic N) is 1. The summed E-state index contributed by atoms with van der Waals surface area (Å²) in [5, 5.41) is 0. The summed E-state index contributed by atoms with van der Waals surface area (Å²) in [4.78, 5) is 39.1. The number of benzene rings is 2. The van der Waals surface area contributed by atoms with Gasteiger partial charge in [-0.2, -0.15) is 0 Å². The van der Waals surface area contributed by atoms with Gasteiger partial charge in [0.15, 0.2) is 6.10 Å². The molecule has 1 fully saturated rings. The first kappa shape index (κ1) is 25.1. The third-order valence-corrected chi connectivity index (χ3v) is 5.52. The van der Waals surface area contributed by atoms with E-state index in [0.717, 1.165) is 5.75 Å². The van der Waals surface area contributed by atoms with Crippen molar-refractivity contribution in [3.8, 4) is 11.5 Å². The van der Waals surface area contributed by atoms with Crippen LogP contribution in [0.1, 0.15) is 37.0 Å². The van der Waals surface area contributed by atoms with Crippen LogP contribution in [-0.2, 0) is 19.1 Å². The van der Waals surface area contributed by atoms with E-state index in [4.69, 9.17) is 18.9 Å². The van der Waals surface area contributed by atoms with Crippen molar-refractivity contribution >= 4 is 17.8 Å². The molecule has 2 aromatic rings. The van der Waals surface area contributed by atoms with E-state index in [1.165, 1.54) is 0 Å². The Kier molecular flexibility index (Phi) is 9.31. The Labute approximate surface area is 199 Å². The lowest BCUT2D eigenvalue weighted by Crippen LogP contribution is -2.45. The molecule has 1 heterocycles.